The molecule has 0 radical (unpaired) electrons. The van der Waals surface area contributed by atoms with E-state index in [-0.39, 0.29) is 53.9 Å². The van der Waals surface area contributed by atoms with Crippen LogP contribution in [0.25, 0.3) is 6.08 Å². The molecule has 12 heteroatoms. The number of hydroxylamine groups is 2. The zero-order valence-electron chi connectivity index (χ0n) is 24.6. The molecule has 11 nitrogen and oxygen atoms in total. The number of hydrogen-bond donors (Lipinski definition) is 2. The van der Waals surface area contributed by atoms with Crippen molar-refractivity contribution < 1.29 is 60.1 Å². The maximum absolute atomic E-state index is 12.9. The minimum Gasteiger partial charge on any atom is -0.473 e. The number of hydrogen-bond acceptors (Lipinski definition) is 9. The molecule has 1 amide bonds. The second-order valence-corrected chi connectivity index (χ2v) is 9.11. The van der Waals surface area contributed by atoms with E-state index in [0.29, 0.717) is 36.1 Å². The largest absolute Gasteiger partial charge is 2.00 e. The molecule has 4 rings (SSSR count). The van der Waals surface area contributed by atoms with Gasteiger partial charge in [-0.25, -0.2) is 33.9 Å². The Morgan fingerprint density at radius 1 is 0.933 bits per heavy atom. The number of anilines is 1. The van der Waals surface area contributed by atoms with Crippen LogP contribution in [-0.2, 0) is 41.0 Å². The number of allylic oxidation sites excluding steroid dienone is 1. The van der Waals surface area contributed by atoms with Crippen molar-refractivity contribution in [3.05, 3.63) is 120 Å². The van der Waals surface area contributed by atoms with E-state index in [2.05, 4.69) is 5.32 Å². The van der Waals surface area contributed by atoms with E-state index in [1.807, 2.05) is 54.6 Å². The first kappa shape index (κ1) is 36.5. The number of nitrogens with one attached hydrogen (secondary N) is 1. The van der Waals surface area contributed by atoms with Crippen molar-refractivity contribution in [3.63, 3.8) is 0 Å². The van der Waals surface area contributed by atoms with Crippen molar-refractivity contribution >= 4 is 35.4 Å². The van der Waals surface area contributed by atoms with Crippen LogP contribution in [0.1, 0.15) is 32.2 Å². The Kier molecular flexibility index (Phi) is 16.4. The van der Waals surface area contributed by atoms with Gasteiger partial charge < -0.3 is 29.2 Å². The first-order chi connectivity index (χ1) is 21.3. The maximum Gasteiger partial charge on any atom is 2.00 e. The molecule has 238 valence electrons. The molecule has 1 heterocycles. The van der Waals surface area contributed by atoms with Gasteiger partial charge in [-0.05, 0) is 42.8 Å². The molecule has 2 N–H and O–H groups in total. The van der Waals surface area contributed by atoms with Gasteiger partial charge in [0.1, 0.15) is 5.76 Å². The molecule has 3 aromatic carbocycles. The van der Waals surface area contributed by atoms with E-state index in [1.54, 1.807) is 37.3 Å². The number of aryl methyl sites for hydroxylation is 1. The minimum atomic E-state index is -1.84. The fourth-order valence-electron chi connectivity index (χ4n) is 3.58. The Balaban J connectivity index is 0.00000107. The number of aliphatic carboxylic acids is 1. The summed E-state index contributed by atoms with van der Waals surface area (Å²) in [6.07, 6.45) is 2.90. The molecule has 0 fully saturated rings. The summed E-state index contributed by atoms with van der Waals surface area (Å²) in [6, 6.07) is 27.1. The molecular formula is C33H34FeN2O9. The van der Waals surface area contributed by atoms with Crippen LogP contribution in [0.5, 0.6) is 0 Å². The van der Waals surface area contributed by atoms with Crippen molar-refractivity contribution in [1.29, 1.82) is 0 Å². The summed E-state index contributed by atoms with van der Waals surface area (Å²) in [5.41, 5.74) is 1.78. The number of carbonyl (C=O) groups is 4. The molecular weight excluding hydrogens is 624 g/mol. The summed E-state index contributed by atoms with van der Waals surface area (Å²) in [6.45, 7) is 3.15. The predicted octanol–water partition coefficient (Wildman–Crippen LogP) is 4.74. The van der Waals surface area contributed by atoms with E-state index in [1.165, 1.54) is 18.2 Å². The number of furan rings is 1. The predicted molar refractivity (Wildman–Crippen MR) is 162 cm³/mol. The van der Waals surface area contributed by atoms with Crippen LogP contribution in [0.4, 0.5) is 5.69 Å². The average Bonchev–Trinajstić information content (AvgIpc) is 3.84. The van der Waals surface area contributed by atoms with Crippen LogP contribution < -0.4 is 5.32 Å². The monoisotopic (exact) mass is 658 g/mol. The number of benzene rings is 1. The third kappa shape index (κ3) is 13.6. The zero-order chi connectivity index (χ0) is 31.6. The minimum absolute atomic E-state index is 0. The van der Waals surface area contributed by atoms with Gasteiger partial charge in [0.15, 0.2) is 5.76 Å². The van der Waals surface area contributed by atoms with Gasteiger partial charge in [0, 0.05) is 12.1 Å². The molecule has 0 aliphatic rings. The normalized spacial score (nSPS) is 10.3. The number of rotatable bonds is 14. The summed E-state index contributed by atoms with van der Waals surface area (Å²) in [5.74, 6) is -3.65. The van der Waals surface area contributed by atoms with Crippen LogP contribution in [-0.4, -0.2) is 73.3 Å². The van der Waals surface area contributed by atoms with Crippen LogP contribution in [0.3, 0.4) is 0 Å². The molecule has 0 unspecified atom stereocenters. The van der Waals surface area contributed by atoms with Gasteiger partial charge in [-0.1, -0.05) is 23.9 Å². The number of nitrogens with zero attached hydrogens (tertiary/aromatic N) is 1. The van der Waals surface area contributed by atoms with Gasteiger partial charge in [-0.3, -0.25) is 9.59 Å². The first-order valence-electron chi connectivity index (χ1n) is 13.8. The summed E-state index contributed by atoms with van der Waals surface area (Å²) < 4.78 is 16.2. The maximum atomic E-state index is 12.9. The Morgan fingerprint density at radius 2 is 1.60 bits per heavy atom. The standard InChI is InChI=1S/C28H29N2O9.C5H5.Fe/c1-20-6-13-25(38-20)24(31)12-9-21-7-10-22(11-8-21)26(32)30(39-28(35)27(33)34)15-17-37-19-18-36-16-14-29-23-4-2-3-5-23;1-2-4-5-3-1;/h2-13,29H,14-19H2,1H3,(H,33,34);1-5H;/q2*-1;+2/b12-9+;;. The summed E-state index contributed by atoms with van der Waals surface area (Å²) in [7, 11) is 0. The van der Waals surface area contributed by atoms with Gasteiger partial charge in [0.2, 0.25) is 5.78 Å². The Labute approximate surface area is 271 Å². The number of ketones is 1. The molecule has 0 bridgehead atoms. The van der Waals surface area contributed by atoms with Crippen molar-refractivity contribution in [2.45, 2.75) is 6.92 Å². The van der Waals surface area contributed by atoms with Gasteiger partial charge in [0.05, 0.1) is 33.0 Å². The van der Waals surface area contributed by atoms with Crippen molar-refractivity contribution in [2.75, 3.05) is 44.8 Å². The number of carboxylic acid groups (broad SMARTS) is 1. The molecule has 45 heavy (non-hydrogen) atoms. The summed E-state index contributed by atoms with van der Waals surface area (Å²) >= 11 is 0. The third-order valence-corrected chi connectivity index (χ3v) is 5.77. The van der Waals surface area contributed by atoms with Crippen molar-refractivity contribution in [1.82, 2.24) is 5.06 Å². The van der Waals surface area contributed by atoms with Gasteiger partial charge in [0.25, 0.3) is 5.91 Å². The van der Waals surface area contributed by atoms with Crippen molar-refractivity contribution in [2.24, 2.45) is 0 Å². The molecule has 0 atom stereocenters. The average molecular weight is 658 g/mol. The molecule has 0 spiro atoms. The third-order valence-electron chi connectivity index (χ3n) is 5.77. The van der Waals surface area contributed by atoms with Gasteiger partial charge in [-0.15, -0.1) is 0 Å². The number of carboxylic acids is 1. The van der Waals surface area contributed by atoms with E-state index in [9.17, 15) is 19.2 Å². The SMILES string of the molecule is Cc1ccc(C(=O)/C=C/c2ccc(C(=O)N(CCOCCOCCN[c-]3cccc3)OC(=O)C(=O)O)cc2)o1.[Fe+2].c1cc[cH-]c1. The van der Waals surface area contributed by atoms with Crippen LogP contribution in [0.15, 0.2) is 101 Å². The molecule has 0 saturated heterocycles. The second-order valence-electron chi connectivity index (χ2n) is 9.11. The van der Waals surface area contributed by atoms with E-state index in [4.69, 9.17) is 23.8 Å². The van der Waals surface area contributed by atoms with Gasteiger partial charge >= 0.3 is 29.0 Å². The quantitative estimate of drug-likeness (QED) is 0.0371. The van der Waals surface area contributed by atoms with Crippen LogP contribution in [0.2, 0.25) is 0 Å². The topological polar surface area (TPSA) is 145 Å². The molecule has 4 aromatic rings. The Bertz CT molecular complexity index is 1440. The van der Waals surface area contributed by atoms with Gasteiger partial charge in [-0.2, -0.15) is 35.4 Å². The smallest absolute Gasteiger partial charge is 0.473 e. The van der Waals surface area contributed by atoms with Crippen molar-refractivity contribution in [3.8, 4) is 0 Å². The van der Waals surface area contributed by atoms with E-state index >= 15 is 0 Å². The Morgan fingerprint density at radius 3 is 2.18 bits per heavy atom. The molecule has 0 aliphatic carbocycles. The number of carbonyl (C=O) groups excluding carboxylic acids is 3. The molecule has 0 saturated carbocycles. The fraction of sp³-hybridized carbons (Fsp3) is 0.212. The van der Waals surface area contributed by atoms with E-state index < -0.39 is 17.8 Å². The molecule has 0 aliphatic heterocycles. The first-order valence-corrected chi connectivity index (χ1v) is 13.8. The molecule has 1 aromatic heterocycles. The number of amides is 1. The van der Waals surface area contributed by atoms with E-state index in [0.717, 1.165) is 5.69 Å². The van der Waals surface area contributed by atoms with Crippen LogP contribution >= 0.6 is 0 Å². The zero-order valence-corrected chi connectivity index (χ0v) is 25.7. The fourth-order valence-corrected chi connectivity index (χ4v) is 3.58. The number of ether oxygens (including phenoxy) is 2. The Hall–Kier alpha value is -4.74. The van der Waals surface area contributed by atoms with Crippen LogP contribution in [0, 0.1) is 6.92 Å². The summed E-state index contributed by atoms with van der Waals surface area (Å²) in [5, 5.41) is 12.7. The second kappa shape index (κ2) is 20.3. The summed E-state index contributed by atoms with van der Waals surface area (Å²) in [4.78, 5) is 52.3.